The van der Waals surface area contributed by atoms with E-state index in [-0.39, 0.29) is 11.8 Å². The summed E-state index contributed by atoms with van der Waals surface area (Å²) in [6.07, 6.45) is 2.23. The van der Waals surface area contributed by atoms with Gasteiger partial charge >= 0.3 is 0 Å². The molecule has 1 heterocycles. The lowest BCUT2D eigenvalue weighted by Crippen LogP contribution is -2.13. The van der Waals surface area contributed by atoms with Gasteiger partial charge in [-0.2, -0.15) is 0 Å². The van der Waals surface area contributed by atoms with Gasteiger partial charge in [-0.05, 0) is 32.4 Å². The van der Waals surface area contributed by atoms with Gasteiger partial charge in [-0.1, -0.05) is 19.1 Å². The molecule has 0 amide bonds. The van der Waals surface area contributed by atoms with E-state index in [0.717, 1.165) is 5.76 Å². The Kier molecular flexibility index (Phi) is 4.67. The molecule has 5 nitrogen and oxygen atoms in total. The summed E-state index contributed by atoms with van der Waals surface area (Å²) in [5.41, 5.74) is 0.578. The van der Waals surface area contributed by atoms with E-state index >= 15 is 0 Å². The molecular weight excluding hydrogens is 288 g/mol. The Morgan fingerprint density at radius 2 is 2.05 bits per heavy atom. The van der Waals surface area contributed by atoms with Gasteiger partial charge in [0.25, 0.3) is 0 Å². The summed E-state index contributed by atoms with van der Waals surface area (Å²) in [7, 11) is -3.28. The van der Waals surface area contributed by atoms with Crippen LogP contribution in [0.4, 0.5) is 5.69 Å². The molecule has 1 unspecified atom stereocenters. The summed E-state index contributed by atoms with van der Waals surface area (Å²) in [6.45, 7) is 5.56. The third kappa shape index (κ3) is 3.64. The average molecular weight is 308 g/mol. The smallest absolute Gasteiger partial charge is 0.216 e. The van der Waals surface area contributed by atoms with Crippen LogP contribution in [0.2, 0.25) is 0 Å². The molecular formula is C15H20N2O3S. The van der Waals surface area contributed by atoms with Gasteiger partial charge in [0.2, 0.25) is 5.89 Å². The molecule has 0 aliphatic carbocycles. The number of anilines is 1. The molecule has 0 saturated heterocycles. The van der Waals surface area contributed by atoms with Gasteiger partial charge in [0, 0.05) is 0 Å². The van der Waals surface area contributed by atoms with Gasteiger partial charge in [-0.15, -0.1) is 0 Å². The number of aromatic nitrogens is 1. The highest BCUT2D eigenvalue weighted by Crippen LogP contribution is 2.26. The summed E-state index contributed by atoms with van der Waals surface area (Å²) < 4.78 is 30.1. The third-order valence-corrected chi connectivity index (χ3v) is 5.05. The van der Waals surface area contributed by atoms with Crippen molar-refractivity contribution in [2.75, 3.05) is 11.1 Å². The van der Waals surface area contributed by atoms with Crippen LogP contribution in [0.5, 0.6) is 0 Å². The molecule has 1 atom stereocenters. The first-order valence-electron chi connectivity index (χ1n) is 6.94. The fraction of sp³-hybridized carbons (Fsp3) is 0.400. The van der Waals surface area contributed by atoms with Crippen LogP contribution in [0.25, 0.3) is 0 Å². The molecule has 0 saturated carbocycles. The minimum absolute atomic E-state index is 0.137. The van der Waals surface area contributed by atoms with Gasteiger partial charge in [0.15, 0.2) is 9.84 Å². The van der Waals surface area contributed by atoms with E-state index in [0.29, 0.717) is 22.9 Å². The maximum Gasteiger partial charge on any atom is 0.216 e. The number of sulfone groups is 1. The Morgan fingerprint density at radius 1 is 1.33 bits per heavy atom. The monoisotopic (exact) mass is 308 g/mol. The zero-order valence-corrected chi connectivity index (χ0v) is 13.3. The first kappa shape index (κ1) is 15.6. The maximum atomic E-state index is 12.3. The van der Waals surface area contributed by atoms with E-state index < -0.39 is 9.84 Å². The van der Waals surface area contributed by atoms with Crippen LogP contribution in [0.3, 0.4) is 0 Å². The predicted molar refractivity (Wildman–Crippen MR) is 82.1 cm³/mol. The Hall–Kier alpha value is -1.82. The second-order valence-corrected chi connectivity index (χ2v) is 7.07. The van der Waals surface area contributed by atoms with E-state index in [9.17, 15) is 8.42 Å². The minimum atomic E-state index is -3.28. The number of nitrogens with one attached hydrogen (secondary N) is 1. The molecule has 0 fully saturated rings. The van der Waals surface area contributed by atoms with Crippen LogP contribution in [-0.2, 0) is 9.84 Å². The normalized spacial score (nSPS) is 13.1. The third-order valence-electron chi connectivity index (χ3n) is 3.08. The van der Waals surface area contributed by atoms with Crippen LogP contribution < -0.4 is 5.32 Å². The number of hydrogen-bond acceptors (Lipinski definition) is 5. The second kappa shape index (κ2) is 6.30. The molecule has 0 bridgehead atoms. The molecule has 1 N–H and O–H groups in total. The topological polar surface area (TPSA) is 72.2 Å². The Morgan fingerprint density at radius 3 is 2.67 bits per heavy atom. The zero-order chi connectivity index (χ0) is 15.5. The predicted octanol–water partition coefficient (Wildman–Crippen LogP) is 3.34. The van der Waals surface area contributed by atoms with Crippen molar-refractivity contribution in [3.63, 3.8) is 0 Å². The van der Waals surface area contributed by atoms with Crippen molar-refractivity contribution in [1.82, 2.24) is 4.98 Å². The summed E-state index contributed by atoms with van der Waals surface area (Å²) in [4.78, 5) is 4.48. The summed E-state index contributed by atoms with van der Waals surface area (Å²) in [5, 5.41) is 3.17. The molecule has 1 aromatic carbocycles. The van der Waals surface area contributed by atoms with Crippen molar-refractivity contribution < 1.29 is 12.8 Å². The number of nitrogens with zero attached hydrogens (tertiary/aromatic N) is 1. The Labute approximate surface area is 125 Å². The van der Waals surface area contributed by atoms with Crippen LogP contribution >= 0.6 is 0 Å². The molecule has 0 aliphatic heterocycles. The van der Waals surface area contributed by atoms with E-state index in [2.05, 4.69) is 10.3 Å². The van der Waals surface area contributed by atoms with E-state index in [4.69, 9.17) is 4.42 Å². The first-order valence-corrected chi connectivity index (χ1v) is 8.60. The highest BCUT2D eigenvalue weighted by Gasteiger charge is 2.19. The maximum absolute atomic E-state index is 12.3. The van der Waals surface area contributed by atoms with E-state index in [1.54, 1.807) is 30.5 Å². The summed E-state index contributed by atoms with van der Waals surface area (Å²) >= 11 is 0. The highest BCUT2D eigenvalue weighted by molar-refractivity contribution is 7.91. The van der Waals surface area contributed by atoms with Gasteiger partial charge in [-0.25, -0.2) is 13.4 Å². The number of benzene rings is 1. The average Bonchev–Trinajstić information content (AvgIpc) is 2.86. The van der Waals surface area contributed by atoms with E-state index in [1.807, 2.05) is 20.8 Å². The molecule has 2 rings (SSSR count). The van der Waals surface area contributed by atoms with Gasteiger partial charge < -0.3 is 9.73 Å². The molecule has 0 spiro atoms. The Bertz CT molecular complexity index is 707. The molecule has 2 aromatic rings. The quantitative estimate of drug-likeness (QED) is 0.886. The van der Waals surface area contributed by atoms with E-state index in [1.165, 1.54) is 0 Å². The number of aryl methyl sites for hydroxylation is 1. The Balaban J connectivity index is 2.29. The number of rotatable bonds is 6. The fourth-order valence-electron chi connectivity index (χ4n) is 2.10. The van der Waals surface area contributed by atoms with Crippen molar-refractivity contribution in [2.45, 2.75) is 38.1 Å². The molecule has 21 heavy (non-hydrogen) atoms. The standard InChI is InChI=1S/C15H20N2O3S/c1-4-9-21(18,19)14-8-6-5-7-13(14)17-12(3)15-16-10-11(2)20-15/h5-8,10,12,17H,4,9H2,1-3H3. The largest absolute Gasteiger partial charge is 0.444 e. The van der Waals surface area contributed by atoms with Crippen molar-refractivity contribution in [3.05, 3.63) is 42.1 Å². The summed E-state index contributed by atoms with van der Waals surface area (Å²) in [6, 6.07) is 6.71. The molecule has 114 valence electrons. The van der Waals surface area contributed by atoms with Crippen LogP contribution in [0.15, 0.2) is 39.8 Å². The summed E-state index contributed by atoms with van der Waals surface area (Å²) in [5.74, 6) is 1.40. The van der Waals surface area contributed by atoms with Gasteiger partial charge in [0.1, 0.15) is 11.8 Å². The number of para-hydroxylation sites is 1. The lowest BCUT2D eigenvalue weighted by Gasteiger charge is -2.15. The number of hydrogen-bond donors (Lipinski definition) is 1. The lowest BCUT2D eigenvalue weighted by atomic mass is 10.2. The second-order valence-electron chi connectivity index (χ2n) is 4.99. The minimum Gasteiger partial charge on any atom is -0.444 e. The van der Waals surface area contributed by atoms with Gasteiger partial charge in [-0.3, -0.25) is 0 Å². The molecule has 0 aliphatic rings. The molecule has 6 heteroatoms. The SMILES string of the molecule is CCCS(=O)(=O)c1ccccc1NC(C)c1ncc(C)o1. The van der Waals surface area contributed by atoms with Crippen molar-refractivity contribution in [3.8, 4) is 0 Å². The van der Waals surface area contributed by atoms with Crippen molar-refractivity contribution >= 4 is 15.5 Å². The van der Waals surface area contributed by atoms with Crippen LogP contribution in [0.1, 0.15) is 38.0 Å². The van der Waals surface area contributed by atoms with Crippen molar-refractivity contribution in [2.24, 2.45) is 0 Å². The van der Waals surface area contributed by atoms with Gasteiger partial charge in [0.05, 0.1) is 22.5 Å². The van der Waals surface area contributed by atoms with Crippen LogP contribution in [0, 0.1) is 6.92 Å². The first-order chi connectivity index (χ1) is 9.94. The highest BCUT2D eigenvalue weighted by atomic mass is 32.2. The molecule has 1 aromatic heterocycles. The van der Waals surface area contributed by atoms with Crippen LogP contribution in [-0.4, -0.2) is 19.2 Å². The zero-order valence-electron chi connectivity index (χ0n) is 12.5. The fourth-order valence-corrected chi connectivity index (χ4v) is 3.61. The van der Waals surface area contributed by atoms with Crippen molar-refractivity contribution in [1.29, 1.82) is 0 Å². The number of oxazole rings is 1. The lowest BCUT2D eigenvalue weighted by molar-refractivity contribution is 0.453. The molecule has 0 radical (unpaired) electrons.